The van der Waals surface area contributed by atoms with E-state index in [2.05, 4.69) is 51.4 Å². The molecule has 0 fully saturated rings. The molecule has 0 amide bonds. The average Bonchev–Trinajstić information content (AvgIpc) is 3.03. The van der Waals surface area contributed by atoms with E-state index in [0.717, 1.165) is 18.1 Å². The van der Waals surface area contributed by atoms with Crippen LogP contribution in [0.15, 0.2) is 54.7 Å². The molecule has 0 aliphatic heterocycles. The molecule has 0 aliphatic carbocycles. The molecule has 0 aliphatic rings. The molecular weight excluding hydrogens is 300 g/mol. The largest absolute Gasteiger partial charge is 0.288 e. The van der Waals surface area contributed by atoms with Crippen molar-refractivity contribution in [1.82, 2.24) is 30.1 Å². The smallest absolute Gasteiger partial charge is 0.165 e. The Hall–Kier alpha value is -2.60. The number of rotatable bonds is 7. The fraction of sp³-hybridized carbons (Fsp3) is 0.333. The van der Waals surface area contributed by atoms with Gasteiger partial charge in [-0.05, 0) is 42.0 Å². The summed E-state index contributed by atoms with van der Waals surface area (Å²) in [6.07, 6.45) is 1.83. The highest BCUT2D eigenvalue weighted by Gasteiger charge is 2.16. The van der Waals surface area contributed by atoms with Gasteiger partial charge in [-0.15, -0.1) is 5.10 Å². The Morgan fingerprint density at radius 3 is 2.50 bits per heavy atom. The SMILES string of the molecule is CC(C)N(Cc1ccccn1)Cc1nnnn1Cc1ccccc1. The lowest BCUT2D eigenvalue weighted by molar-refractivity contribution is 0.193. The van der Waals surface area contributed by atoms with Crippen LogP contribution in [0.2, 0.25) is 0 Å². The van der Waals surface area contributed by atoms with E-state index in [1.165, 1.54) is 5.56 Å². The number of pyridine rings is 1. The molecule has 1 aromatic carbocycles. The van der Waals surface area contributed by atoms with Gasteiger partial charge in [-0.1, -0.05) is 36.4 Å². The van der Waals surface area contributed by atoms with Crippen LogP contribution in [-0.4, -0.2) is 36.1 Å². The van der Waals surface area contributed by atoms with Crippen molar-refractivity contribution in [2.24, 2.45) is 0 Å². The minimum absolute atomic E-state index is 0.369. The molecule has 0 unspecified atom stereocenters. The second kappa shape index (κ2) is 7.79. The molecule has 6 heteroatoms. The van der Waals surface area contributed by atoms with Crippen molar-refractivity contribution in [2.75, 3.05) is 0 Å². The molecule has 0 saturated carbocycles. The Labute approximate surface area is 142 Å². The van der Waals surface area contributed by atoms with Gasteiger partial charge >= 0.3 is 0 Å². The van der Waals surface area contributed by atoms with Crippen molar-refractivity contribution in [3.05, 3.63) is 71.8 Å². The Morgan fingerprint density at radius 2 is 1.79 bits per heavy atom. The van der Waals surface area contributed by atoms with Crippen LogP contribution in [0.25, 0.3) is 0 Å². The van der Waals surface area contributed by atoms with Crippen LogP contribution < -0.4 is 0 Å². The van der Waals surface area contributed by atoms with Crippen LogP contribution in [0.3, 0.4) is 0 Å². The molecule has 0 bridgehead atoms. The lowest BCUT2D eigenvalue weighted by atomic mass is 10.2. The van der Waals surface area contributed by atoms with E-state index in [1.54, 1.807) is 0 Å². The zero-order valence-corrected chi connectivity index (χ0v) is 14.1. The molecule has 6 nitrogen and oxygen atoms in total. The van der Waals surface area contributed by atoms with Crippen LogP contribution in [0.4, 0.5) is 0 Å². The lowest BCUT2D eigenvalue weighted by Crippen LogP contribution is -2.31. The maximum absolute atomic E-state index is 4.42. The molecule has 0 spiro atoms. The summed E-state index contributed by atoms with van der Waals surface area (Å²) in [5, 5.41) is 12.2. The van der Waals surface area contributed by atoms with Gasteiger partial charge in [-0.25, -0.2) is 4.68 Å². The minimum atomic E-state index is 0.369. The van der Waals surface area contributed by atoms with Crippen LogP contribution >= 0.6 is 0 Å². The molecule has 2 heterocycles. The van der Waals surface area contributed by atoms with Gasteiger partial charge in [0.05, 0.1) is 18.8 Å². The summed E-state index contributed by atoms with van der Waals surface area (Å²) >= 11 is 0. The first-order valence-corrected chi connectivity index (χ1v) is 8.15. The Bertz CT molecular complexity index is 738. The number of tetrazole rings is 1. The van der Waals surface area contributed by atoms with Gasteiger partial charge < -0.3 is 0 Å². The van der Waals surface area contributed by atoms with Gasteiger partial charge in [0.2, 0.25) is 0 Å². The van der Waals surface area contributed by atoms with Crippen molar-refractivity contribution < 1.29 is 0 Å². The summed E-state index contributed by atoms with van der Waals surface area (Å²) in [6.45, 7) is 6.49. The van der Waals surface area contributed by atoms with Gasteiger partial charge in [0.15, 0.2) is 5.82 Å². The summed E-state index contributed by atoms with van der Waals surface area (Å²) < 4.78 is 1.86. The van der Waals surface area contributed by atoms with E-state index in [4.69, 9.17) is 0 Å². The monoisotopic (exact) mass is 322 g/mol. The van der Waals surface area contributed by atoms with E-state index in [1.807, 2.05) is 47.3 Å². The third kappa shape index (κ3) is 4.23. The zero-order valence-electron chi connectivity index (χ0n) is 14.1. The molecule has 2 aromatic heterocycles. The van der Waals surface area contributed by atoms with Crippen molar-refractivity contribution >= 4 is 0 Å². The highest BCUT2D eigenvalue weighted by Crippen LogP contribution is 2.11. The van der Waals surface area contributed by atoms with E-state index in [0.29, 0.717) is 19.1 Å². The second-order valence-electron chi connectivity index (χ2n) is 6.06. The maximum Gasteiger partial charge on any atom is 0.165 e. The molecule has 0 atom stereocenters. The second-order valence-corrected chi connectivity index (χ2v) is 6.06. The first-order valence-electron chi connectivity index (χ1n) is 8.15. The molecule has 3 aromatic rings. The minimum Gasteiger partial charge on any atom is -0.288 e. The average molecular weight is 322 g/mol. The highest BCUT2D eigenvalue weighted by atomic mass is 15.5. The fourth-order valence-electron chi connectivity index (χ4n) is 2.52. The molecule has 0 saturated heterocycles. The highest BCUT2D eigenvalue weighted by molar-refractivity contribution is 5.15. The molecule has 24 heavy (non-hydrogen) atoms. The Kier molecular flexibility index (Phi) is 5.28. The molecule has 124 valence electrons. The van der Waals surface area contributed by atoms with Crippen molar-refractivity contribution in [2.45, 2.75) is 39.5 Å². The summed E-state index contributed by atoms with van der Waals surface area (Å²) in [5.74, 6) is 0.864. The van der Waals surface area contributed by atoms with E-state index < -0.39 is 0 Å². The van der Waals surface area contributed by atoms with Gasteiger partial charge in [-0.3, -0.25) is 9.88 Å². The van der Waals surface area contributed by atoms with Gasteiger partial charge in [0, 0.05) is 18.8 Å². The van der Waals surface area contributed by atoms with E-state index >= 15 is 0 Å². The van der Waals surface area contributed by atoms with Crippen LogP contribution in [-0.2, 0) is 19.6 Å². The van der Waals surface area contributed by atoms with Gasteiger partial charge in [0.1, 0.15) is 0 Å². The Morgan fingerprint density at radius 1 is 1.00 bits per heavy atom. The third-order valence-electron chi connectivity index (χ3n) is 3.95. The number of hydrogen-bond donors (Lipinski definition) is 0. The predicted molar refractivity (Wildman–Crippen MR) is 92.0 cm³/mol. The summed E-state index contributed by atoms with van der Waals surface area (Å²) in [6, 6.07) is 16.6. The quantitative estimate of drug-likeness (QED) is 0.669. The van der Waals surface area contributed by atoms with Crippen molar-refractivity contribution in [3.63, 3.8) is 0 Å². The number of benzene rings is 1. The molecule has 0 N–H and O–H groups in total. The number of nitrogens with zero attached hydrogens (tertiary/aromatic N) is 6. The topological polar surface area (TPSA) is 59.7 Å². The molecule has 0 radical (unpaired) electrons. The third-order valence-corrected chi connectivity index (χ3v) is 3.95. The van der Waals surface area contributed by atoms with Crippen LogP contribution in [0.5, 0.6) is 0 Å². The first-order chi connectivity index (χ1) is 11.7. The van der Waals surface area contributed by atoms with E-state index in [-0.39, 0.29) is 0 Å². The first kappa shape index (κ1) is 16.3. The summed E-state index contributed by atoms with van der Waals surface area (Å²) in [4.78, 5) is 6.74. The number of aromatic nitrogens is 5. The Balaban J connectivity index is 1.73. The van der Waals surface area contributed by atoms with Crippen LogP contribution in [0.1, 0.15) is 30.9 Å². The fourth-order valence-corrected chi connectivity index (χ4v) is 2.52. The predicted octanol–water partition coefficient (Wildman–Crippen LogP) is 2.53. The van der Waals surface area contributed by atoms with Crippen molar-refractivity contribution in [3.8, 4) is 0 Å². The van der Waals surface area contributed by atoms with Gasteiger partial charge in [-0.2, -0.15) is 0 Å². The normalized spacial score (nSPS) is 11.3. The summed E-state index contributed by atoms with van der Waals surface area (Å²) in [7, 11) is 0. The van der Waals surface area contributed by atoms with Crippen molar-refractivity contribution in [1.29, 1.82) is 0 Å². The van der Waals surface area contributed by atoms with Gasteiger partial charge in [0.25, 0.3) is 0 Å². The maximum atomic E-state index is 4.42. The number of hydrogen-bond acceptors (Lipinski definition) is 5. The molecule has 3 rings (SSSR count). The molecular formula is C18H22N6. The zero-order chi connectivity index (χ0) is 16.8. The van der Waals surface area contributed by atoms with E-state index in [9.17, 15) is 0 Å². The van der Waals surface area contributed by atoms with Crippen LogP contribution in [0, 0.1) is 0 Å². The standard InChI is InChI=1S/C18H22N6/c1-15(2)23(13-17-10-6-7-11-19-17)14-18-20-21-22-24(18)12-16-8-4-3-5-9-16/h3-11,15H,12-14H2,1-2H3. The lowest BCUT2D eigenvalue weighted by Gasteiger charge is -2.25. The summed E-state index contributed by atoms with van der Waals surface area (Å²) in [5.41, 5.74) is 2.24.